The van der Waals surface area contributed by atoms with Crippen molar-refractivity contribution < 1.29 is 9.21 Å². The Labute approximate surface area is 196 Å². The highest BCUT2D eigenvalue weighted by molar-refractivity contribution is 7.16. The second-order valence-corrected chi connectivity index (χ2v) is 9.67. The number of furan rings is 1. The number of hydrogen-bond donors (Lipinski definition) is 1. The van der Waals surface area contributed by atoms with E-state index in [1.165, 1.54) is 11.1 Å². The molecule has 1 N–H and O–H groups in total. The van der Waals surface area contributed by atoms with Gasteiger partial charge < -0.3 is 14.6 Å². The highest BCUT2D eigenvalue weighted by atomic mass is 35.5. The molecule has 31 heavy (non-hydrogen) atoms. The van der Waals surface area contributed by atoms with Gasteiger partial charge in [-0.25, -0.2) is 0 Å². The Kier molecular flexibility index (Phi) is 7.04. The summed E-state index contributed by atoms with van der Waals surface area (Å²) in [5, 5.41) is 5.14. The van der Waals surface area contributed by atoms with Crippen LogP contribution in [0.1, 0.15) is 39.5 Å². The van der Waals surface area contributed by atoms with Crippen molar-refractivity contribution >= 4 is 45.4 Å². The summed E-state index contributed by atoms with van der Waals surface area (Å²) >= 11 is 14.5. The Morgan fingerprint density at radius 2 is 1.94 bits per heavy atom. The number of amides is 1. The molecule has 5 nitrogen and oxygen atoms in total. The Hall–Kier alpha value is -1.83. The summed E-state index contributed by atoms with van der Waals surface area (Å²) in [7, 11) is 2.14. The average Bonchev–Trinajstić information content (AvgIpc) is 3.42. The van der Waals surface area contributed by atoms with Crippen molar-refractivity contribution in [2.24, 2.45) is 0 Å². The Morgan fingerprint density at radius 1 is 1.16 bits per heavy atom. The lowest BCUT2D eigenvalue weighted by Crippen LogP contribution is -2.46. The van der Waals surface area contributed by atoms with Crippen LogP contribution in [-0.4, -0.2) is 48.9 Å². The van der Waals surface area contributed by atoms with Crippen LogP contribution in [0.3, 0.4) is 0 Å². The molecule has 0 radical (unpaired) electrons. The minimum Gasteiger partial charge on any atom is -0.459 e. The summed E-state index contributed by atoms with van der Waals surface area (Å²) in [6, 6.07) is 11.1. The number of nitrogens with zero attached hydrogens (tertiary/aromatic N) is 2. The van der Waals surface area contributed by atoms with Gasteiger partial charge in [0, 0.05) is 46.7 Å². The van der Waals surface area contributed by atoms with Crippen LogP contribution in [0.15, 0.2) is 47.1 Å². The van der Waals surface area contributed by atoms with Crippen molar-refractivity contribution in [1.29, 1.82) is 0 Å². The van der Waals surface area contributed by atoms with Gasteiger partial charge in [-0.05, 0) is 49.4 Å². The highest BCUT2D eigenvalue weighted by Crippen LogP contribution is 2.42. The predicted octanol–water partition coefficient (Wildman–Crippen LogP) is 5.80. The SMILES string of the molecule is CCc1cc(C(c2ccc(Cl)cc2Cl)N2CCN(C)CC2)c(NC(=O)c2ccco2)s1. The molecule has 1 unspecified atom stereocenters. The van der Waals surface area contributed by atoms with Gasteiger partial charge in [0.25, 0.3) is 5.91 Å². The lowest BCUT2D eigenvalue weighted by molar-refractivity contribution is 0.0996. The predicted molar refractivity (Wildman–Crippen MR) is 128 cm³/mol. The Morgan fingerprint density at radius 3 is 2.58 bits per heavy atom. The van der Waals surface area contributed by atoms with Crippen molar-refractivity contribution in [3.05, 3.63) is 74.5 Å². The van der Waals surface area contributed by atoms with Gasteiger partial charge in [-0.2, -0.15) is 0 Å². The number of halogens is 2. The van der Waals surface area contributed by atoms with Crippen LogP contribution in [0, 0.1) is 0 Å². The molecule has 0 saturated carbocycles. The average molecular weight is 478 g/mol. The largest absolute Gasteiger partial charge is 0.459 e. The van der Waals surface area contributed by atoms with Crippen LogP contribution in [0.25, 0.3) is 0 Å². The van der Waals surface area contributed by atoms with Crippen LogP contribution < -0.4 is 5.32 Å². The number of thiophene rings is 1. The van der Waals surface area contributed by atoms with E-state index >= 15 is 0 Å². The maximum atomic E-state index is 12.8. The first kappa shape index (κ1) is 22.4. The van der Waals surface area contributed by atoms with E-state index in [9.17, 15) is 4.79 Å². The minimum atomic E-state index is -0.255. The number of carbonyl (C=O) groups is 1. The maximum Gasteiger partial charge on any atom is 0.291 e. The number of nitrogens with one attached hydrogen (secondary N) is 1. The zero-order valence-corrected chi connectivity index (χ0v) is 19.9. The van der Waals surface area contributed by atoms with Crippen molar-refractivity contribution in [3.63, 3.8) is 0 Å². The standard InChI is InChI=1S/C23H25Cl2N3O2S/c1-3-16-14-18(23(31-16)26-22(29)20-5-4-12-30-20)21(28-10-8-27(2)9-11-28)17-7-6-15(24)13-19(17)25/h4-7,12-14,21H,3,8-11H2,1-2H3,(H,26,29). The molecule has 1 aliphatic heterocycles. The monoisotopic (exact) mass is 477 g/mol. The Balaban J connectivity index is 1.77. The zero-order valence-electron chi connectivity index (χ0n) is 17.5. The molecule has 0 spiro atoms. The number of likely N-dealkylation sites (N-methyl/N-ethyl adjacent to an activating group) is 1. The van der Waals surface area contributed by atoms with Crippen molar-refractivity contribution in [2.45, 2.75) is 19.4 Å². The first-order chi connectivity index (χ1) is 15.0. The summed E-state index contributed by atoms with van der Waals surface area (Å²) in [4.78, 5) is 18.7. The van der Waals surface area contributed by atoms with Crippen LogP contribution in [0.5, 0.6) is 0 Å². The summed E-state index contributed by atoms with van der Waals surface area (Å²) in [5.41, 5.74) is 2.04. The molecular weight excluding hydrogens is 453 g/mol. The first-order valence-corrected chi connectivity index (χ1v) is 11.9. The van der Waals surface area contributed by atoms with Crippen molar-refractivity contribution in [1.82, 2.24) is 9.80 Å². The van der Waals surface area contributed by atoms with Crippen LogP contribution >= 0.6 is 34.5 Å². The fourth-order valence-corrected chi connectivity index (χ4v) is 5.41. The number of carbonyl (C=O) groups excluding carboxylic acids is 1. The second kappa shape index (κ2) is 9.76. The molecule has 1 fully saturated rings. The molecule has 4 rings (SSSR count). The maximum absolute atomic E-state index is 12.8. The number of hydrogen-bond acceptors (Lipinski definition) is 5. The number of rotatable bonds is 6. The van der Waals surface area contributed by atoms with Crippen molar-refractivity contribution in [3.8, 4) is 0 Å². The molecule has 1 amide bonds. The second-order valence-electron chi connectivity index (χ2n) is 7.69. The van der Waals surface area contributed by atoms with Crippen molar-refractivity contribution in [2.75, 3.05) is 38.5 Å². The molecule has 1 atom stereocenters. The van der Waals surface area contributed by atoms with Crippen LogP contribution in [0.2, 0.25) is 10.0 Å². The minimum absolute atomic E-state index is 0.0816. The smallest absolute Gasteiger partial charge is 0.291 e. The highest BCUT2D eigenvalue weighted by Gasteiger charge is 2.31. The molecule has 0 aliphatic carbocycles. The van der Waals surface area contributed by atoms with E-state index in [1.807, 2.05) is 12.1 Å². The van der Waals surface area contributed by atoms with Crippen LogP contribution in [0.4, 0.5) is 5.00 Å². The first-order valence-electron chi connectivity index (χ1n) is 10.3. The van der Waals surface area contributed by atoms with Gasteiger partial charge in [0.1, 0.15) is 5.00 Å². The molecule has 3 aromatic rings. The van der Waals surface area contributed by atoms with Gasteiger partial charge in [0.2, 0.25) is 0 Å². The third-order valence-corrected chi connectivity index (χ3v) is 7.36. The summed E-state index contributed by atoms with van der Waals surface area (Å²) in [6.45, 7) is 5.88. The van der Waals surface area contributed by atoms with Gasteiger partial charge in [0.15, 0.2) is 5.76 Å². The number of aryl methyl sites for hydroxylation is 1. The third-order valence-electron chi connectivity index (χ3n) is 5.59. The quantitative estimate of drug-likeness (QED) is 0.487. The van der Waals surface area contributed by atoms with E-state index in [0.717, 1.165) is 48.7 Å². The van der Waals surface area contributed by atoms with E-state index in [4.69, 9.17) is 27.6 Å². The van der Waals surface area contributed by atoms with Gasteiger partial charge in [-0.3, -0.25) is 9.69 Å². The topological polar surface area (TPSA) is 48.7 Å². The van der Waals surface area contributed by atoms with E-state index in [-0.39, 0.29) is 17.7 Å². The molecule has 0 bridgehead atoms. The van der Waals surface area contributed by atoms with Gasteiger partial charge in [-0.15, -0.1) is 11.3 Å². The van der Waals surface area contributed by atoms with E-state index < -0.39 is 0 Å². The molecule has 164 valence electrons. The normalized spacial score (nSPS) is 16.4. The lowest BCUT2D eigenvalue weighted by atomic mass is 9.97. The number of benzene rings is 1. The summed E-state index contributed by atoms with van der Waals surface area (Å²) in [6.07, 6.45) is 2.39. The van der Waals surface area contributed by atoms with Gasteiger partial charge in [-0.1, -0.05) is 36.2 Å². The molecule has 2 aromatic heterocycles. The van der Waals surface area contributed by atoms with Gasteiger partial charge in [0.05, 0.1) is 12.3 Å². The summed E-state index contributed by atoms with van der Waals surface area (Å²) < 4.78 is 5.29. The molecular formula is C23H25Cl2N3O2S. The number of anilines is 1. The zero-order chi connectivity index (χ0) is 22.0. The molecule has 1 aromatic carbocycles. The third kappa shape index (κ3) is 4.99. The fourth-order valence-electron chi connectivity index (χ4n) is 3.87. The lowest BCUT2D eigenvalue weighted by Gasteiger charge is -2.38. The molecule has 8 heteroatoms. The van der Waals surface area contributed by atoms with E-state index in [2.05, 4.69) is 35.2 Å². The molecule has 1 saturated heterocycles. The van der Waals surface area contributed by atoms with Gasteiger partial charge >= 0.3 is 0 Å². The van der Waals surface area contributed by atoms with Crippen LogP contribution in [-0.2, 0) is 6.42 Å². The summed E-state index contributed by atoms with van der Waals surface area (Å²) in [5.74, 6) is 0.0353. The molecule has 1 aliphatic rings. The van der Waals surface area contributed by atoms with E-state index in [0.29, 0.717) is 10.0 Å². The van der Waals surface area contributed by atoms with E-state index in [1.54, 1.807) is 29.5 Å². The number of piperazine rings is 1. The Bertz CT molecular complexity index is 1040. The molecule has 3 heterocycles. The fraction of sp³-hybridized carbons (Fsp3) is 0.348.